The van der Waals surface area contributed by atoms with E-state index in [1.54, 1.807) is 24.3 Å². The van der Waals surface area contributed by atoms with E-state index in [-0.39, 0.29) is 16.7 Å². The Hall–Kier alpha value is -4.78. The van der Waals surface area contributed by atoms with Gasteiger partial charge in [-0.2, -0.15) is 0 Å². The van der Waals surface area contributed by atoms with Gasteiger partial charge in [-0.3, -0.25) is 0 Å². The summed E-state index contributed by atoms with van der Waals surface area (Å²) in [6.45, 7) is 8.31. The summed E-state index contributed by atoms with van der Waals surface area (Å²) in [6, 6.07) is 25.2. The highest BCUT2D eigenvalue weighted by Crippen LogP contribution is 2.39. The average molecular weight is 525 g/mol. The fraction of sp³-hybridized carbons (Fsp3) is 0.188. The Balaban J connectivity index is 1.73. The number of anilines is 2. The molecule has 39 heavy (non-hydrogen) atoms. The highest BCUT2D eigenvalue weighted by Gasteiger charge is 2.20. The number of hydrogen-bond donors (Lipinski definition) is 3. The molecule has 2 amide bonds. The number of ether oxygens (including phenoxy) is 2. The van der Waals surface area contributed by atoms with Crippen LogP contribution < -0.4 is 20.1 Å². The molecule has 0 aliphatic carbocycles. The molecule has 0 fully saturated rings. The zero-order valence-electron chi connectivity index (χ0n) is 22.7. The monoisotopic (exact) mass is 524 g/mol. The number of amides is 2. The molecule has 0 atom stereocenters. The van der Waals surface area contributed by atoms with E-state index in [1.165, 1.54) is 13.2 Å². The van der Waals surface area contributed by atoms with E-state index in [1.807, 2.05) is 61.5 Å². The van der Waals surface area contributed by atoms with Crippen LogP contribution in [-0.2, 0) is 5.41 Å². The standard InChI is InChI=1S/C32H32N2O5/c1-20-10-14-23(15-11-20)33-31(37)34-26-18-21(22-12-16-24(30(35)36)29(19-22)38-5)13-17-28(26)39-27-9-7-6-8-25(27)32(2,3)4/h6-19H,1-5H3,(H,35,36)(H2,33,34,37). The Morgan fingerprint density at radius 1 is 0.769 bits per heavy atom. The van der Waals surface area contributed by atoms with Gasteiger partial charge in [-0.15, -0.1) is 0 Å². The number of nitrogens with one attached hydrogen (secondary N) is 2. The lowest BCUT2D eigenvalue weighted by atomic mass is 9.86. The van der Waals surface area contributed by atoms with Crippen LogP contribution >= 0.6 is 0 Å². The molecule has 0 bridgehead atoms. The molecule has 0 saturated carbocycles. The van der Waals surface area contributed by atoms with E-state index < -0.39 is 12.0 Å². The van der Waals surface area contributed by atoms with Gasteiger partial charge in [0.1, 0.15) is 17.1 Å². The van der Waals surface area contributed by atoms with Crippen molar-refractivity contribution in [1.29, 1.82) is 0 Å². The first-order valence-corrected chi connectivity index (χ1v) is 12.5. The van der Waals surface area contributed by atoms with Crippen molar-refractivity contribution in [2.45, 2.75) is 33.1 Å². The lowest BCUT2D eigenvalue weighted by Crippen LogP contribution is -2.20. The molecule has 7 nitrogen and oxygen atoms in total. The van der Waals surface area contributed by atoms with Gasteiger partial charge in [0.25, 0.3) is 0 Å². The molecule has 4 aromatic rings. The molecule has 4 rings (SSSR count). The van der Waals surface area contributed by atoms with Gasteiger partial charge in [-0.25, -0.2) is 9.59 Å². The van der Waals surface area contributed by atoms with Crippen LogP contribution in [0.5, 0.6) is 17.2 Å². The third-order valence-electron chi connectivity index (χ3n) is 6.22. The molecule has 3 N–H and O–H groups in total. The number of methoxy groups -OCH3 is 1. The van der Waals surface area contributed by atoms with Crippen LogP contribution in [0.15, 0.2) is 84.9 Å². The van der Waals surface area contributed by atoms with Crippen molar-refractivity contribution >= 4 is 23.4 Å². The second-order valence-electron chi connectivity index (χ2n) is 10.2. The Kier molecular flexibility index (Phi) is 7.91. The summed E-state index contributed by atoms with van der Waals surface area (Å²) in [7, 11) is 1.43. The number of carbonyl (C=O) groups excluding carboxylic acids is 1. The number of carboxylic acids is 1. The maximum Gasteiger partial charge on any atom is 0.339 e. The fourth-order valence-electron chi connectivity index (χ4n) is 4.16. The molecular weight excluding hydrogens is 492 g/mol. The van der Waals surface area contributed by atoms with E-state index in [0.29, 0.717) is 22.9 Å². The van der Waals surface area contributed by atoms with Crippen molar-refractivity contribution in [3.8, 4) is 28.4 Å². The average Bonchev–Trinajstić information content (AvgIpc) is 2.90. The summed E-state index contributed by atoms with van der Waals surface area (Å²) < 4.78 is 11.7. The molecular formula is C32H32N2O5. The molecule has 0 aromatic heterocycles. The third kappa shape index (κ3) is 6.57. The van der Waals surface area contributed by atoms with E-state index in [2.05, 4.69) is 31.4 Å². The number of para-hydroxylation sites is 1. The topological polar surface area (TPSA) is 96.9 Å². The van der Waals surface area contributed by atoms with Gasteiger partial charge in [0.2, 0.25) is 0 Å². The van der Waals surface area contributed by atoms with Gasteiger partial charge in [0, 0.05) is 11.3 Å². The summed E-state index contributed by atoms with van der Waals surface area (Å²) in [6.07, 6.45) is 0. The van der Waals surface area contributed by atoms with Gasteiger partial charge in [0.05, 0.1) is 12.8 Å². The molecule has 0 radical (unpaired) electrons. The van der Waals surface area contributed by atoms with Crippen LogP contribution in [0.3, 0.4) is 0 Å². The zero-order chi connectivity index (χ0) is 28.2. The lowest BCUT2D eigenvalue weighted by molar-refractivity contribution is 0.0693. The van der Waals surface area contributed by atoms with Crippen molar-refractivity contribution in [2.24, 2.45) is 0 Å². The summed E-state index contributed by atoms with van der Waals surface area (Å²) in [4.78, 5) is 24.5. The minimum atomic E-state index is -1.07. The van der Waals surface area contributed by atoms with Gasteiger partial charge in [0.15, 0.2) is 5.75 Å². The van der Waals surface area contributed by atoms with Crippen LogP contribution in [0.1, 0.15) is 42.3 Å². The van der Waals surface area contributed by atoms with Crippen molar-refractivity contribution in [1.82, 2.24) is 0 Å². The minimum Gasteiger partial charge on any atom is -0.496 e. The second kappa shape index (κ2) is 11.3. The van der Waals surface area contributed by atoms with E-state index in [0.717, 1.165) is 22.3 Å². The first-order valence-electron chi connectivity index (χ1n) is 12.5. The Bertz CT molecular complexity index is 1500. The van der Waals surface area contributed by atoms with Gasteiger partial charge in [-0.1, -0.05) is 68.8 Å². The maximum atomic E-state index is 13.0. The number of hydrogen-bond acceptors (Lipinski definition) is 4. The van der Waals surface area contributed by atoms with Crippen LogP contribution in [0.2, 0.25) is 0 Å². The first-order chi connectivity index (χ1) is 18.5. The number of rotatable bonds is 7. The number of benzene rings is 4. The largest absolute Gasteiger partial charge is 0.496 e. The minimum absolute atomic E-state index is 0.0656. The van der Waals surface area contributed by atoms with Crippen molar-refractivity contribution in [2.75, 3.05) is 17.7 Å². The number of urea groups is 1. The molecule has 0 saturated heterocycles. The number of carboxylic acid groups (broad SMARTS) is 1. The molecule has 0 aliphatic rings. The molecule has 200 valence electrons. The van der Waals surface area contributed by atoms with Gasteiger partial charge < -0.3 is 25.2 Å². The van der Waals surface area contributed by atoms with E-state index in [4.69, 9.17) is 9.47 Å². The SMILES string of the molecule is COc1cc(-c2ccc(Oc3ccccc3C(C)(C)C)c(NC(=O)Nc3ccc(C)cc3)c2)ccc1C(=O)O. The van der Waals surface area contributed by atoms with Crippen LogP contribution in [0, 0.1) is 6.92 Å². The van der Waals surface area contributed by atoms with Crippen LogP contribution in [-0.4, -0.2) is 24.2 Å². The summed E-state index contributed by atoms with van der Waals surface area (Å²) in [5.74, 6) is 0.316. The Morgan fingerprint density at radius 3 is 2.10 bits per heavy atom. The molecule has 7 heteroatoms. The summed E-state index contributed by atoms with van der Waals surface area (Å²) in [5, 5.41) is 15.2. The predicted octanol–water partition coefficient (Wildman–Crippen LogP) is 8.10. The molecule has 0 spiro atoms. The normalized spacial score (nSPS) is 11.0. The molecule has 0 unspecified atom stereocenters. The van der Waals surface area contributed by atoms with E-state index >= 15 is 0 Å². The highest BCUT2D eigenvalue weighted by atomic mass is 16.5. The van der Waals surface area contributed by atoms with Crippen molar-refractivity contribution in [3.63, 3.8) is 0 Å². The Morgan fingerprint density at radius 2 is 1.44 bits per heavy atom. The van der Waals surface area contributed by atoms with Gasteiger partial charge >= 0.3 is 12.0 Å². The smallest absolute Gasteiger partial charge is 0.339 e. The Labute approximate surface area is 228 Å². The molecule has 4 aromatic carbocycles. The number of carbonyl (C=O) groups is 2. The number of aromatic carboxylic acids is 1. The van der Waals surface area contributed by atoms with Crippen molar-refractivity contribution in [3.05, 3.63) is 102 Å². The fourth-order valence-corrected chi connectivity index (χ4v) is 4.16. The molecule has 0 heterocycles. The van der Waals surface area contributed by atoms with E-state index in [9.17, 15) is 14.7 Å². The quantitative estimate of drug-likeness (QED) is 0.227. The first kappa shape index (κ1) is 27.3. The number of aryl methyl sites for hydroxylation is 1. The summed E-state index contributed by atoms with van der Waals surface area (Å²) in [5.41, 5.74) is 4.59. The van der Waals surface area contributed by atoms with Crippen molar-refractivity contribution < 1.29 is 24.2 Å². The molecule has 0 aliphatic heterocycles. The maximum absolute atomic E-state index is 13.0. The zero-order valence-corrected chi connectivity index (χ0v) is 22.7. The predicted molar refractivity (Wildman–Crippen MR) is 154 cm³/mol. The van der Waals surface area contributed by atoms with Crippen LogP contribution in [0.25, 0.3) is 11.1 Å². The summed E-state index contributed by atoms with van der Waals surface area (Å²) >= 11 is 0. The highest BCUT2D eigenvalue weighted by molar-refractivity contribution is 6.01. The third-order valence-corrected chi connectivity index (χ3v) is 6.22. The van der Waals surface area contributed by atoms with Crippen LogP contribution in [0.4, 0.5) is 16.2 Å². The lowest BCUT2D eigenvalue weighted by Gasteiger charge is -2.23. The second-order valence-corrected chi connectivity index (χ2v) is 10.2. The van der Waals surface area contributed by atoms with Gasteiger partial charge in [-0.05, 0) is 65.9 Å².